The fraction of sp³-hybridized carbons (Fsp3) is 0.286. The number of carbonyl (C=O) groups excluding carboxylic acids is 1. The summed E-state index contributed by atoms with van der Waals surface area (Å²) in [6.07, 6.45) is -7.66. The highest BCUT2D eigenvalue weighted by Gasteiger charge is 2.32. The quantitative estimate of drug-likeness (QED) is 0.611. The molecule has 0 aliphatic rings. The standard InChI is InChI=1S/C14H10F5NO3/c1-2-22-13(21)11-9(12(15)16)10(20-23-11)7-3-5-8(6-4-7)14(17,18)19/h3-6,12H,2H2,1H3. The lowest BCUT2D eigenvalue weighted by molar-refractivity contribution is -0.137. The molecule has 4 nitrogen and oxygen atoms in total. The molecule has 9 heteroatoms. The molecule has 0 radical (unpaired) electrons. The van der Waals surface area contributed by atoms with Gasteiger partial charge in [-0.25, -0.2) is 13.6 Å². The molecule has 2 aromatic rings. The van der Waals surface area contributed by atoms with Gasteiger partial charge in [0.25, 0.3) is 12.2 Å². The van der Waals surface area contributed by atoms with Gasteiger partial charge in [-0.15, -0.1) is 0 Å². The molecule has 0 fully saturated rings. The Kier molecular flexibility index (Phi) is 4.67. The lowest BCUT2D eigenvalue weighted by atomic mass is 10.0. The van der Waals surface area contributed by atoms with Crippen LogP contribution in [0.25, 0.3) is 11.3 Å². The number of esters is 1. The zero-order valence-electron chi connectivity index (χ0n) is 11.7. The minimum atomic E-state index is -4.55. The molecular weight excluding hydrogens is 325 g/mol. The summed E-state index contributed by atoms with van der Waals surface area (Å²) in [6.45, 7) is 1.42. The summed E-state index contributed by atoms with van der Waals surface area (Å²) in [5.74, 6) is -1.88. The van der Waals surface area contributed by atoms with Crippen LogP contribution in [0.5, 0.6) is 0 Å². The van der Waals surface area contributed by atoms with Crippen molar-refractivity contribution in [3.63, 3.8) is 0 Å². The zero-order valence-corrected chi connectivity index (χ0v) is 11.7. The number of hydrogen-bond acceptors (Lipinski definition) is 4. The molecule has 0 spiro atoms. The molecule has 0 saturated carbocycles. The van der Waals surface area contributed by atoms with Crippen molar-refractivity contribution < 1.29 is 36.0 Å². The highest BCUT2D eigenvalue weighted by Crippen LogP contribution is 2.35. The van der Waals surface area contributed by atoms with Crippen molar-refractivity contribution in [2.75, 3.05) is 6.61 Å². The van der Waals surface area contributed by atoms with Gasteiger partial charge in [-0.05, 0) is 19.1 Å². The summed E-state index contributed by atoms with van der Waals surface area (Å²) >= 11 is 0. The summed E-state index contributed by atoms with van der Waals surface area (Å²) < 4.78 is 73.1. The third kappa shape index (κ3) is 3.49. The molecule has 1 aromatic heterocycles. The molecule has 0 aliphatic heterocycles. The smallest absolute Gasteiger partial charge is 0.416 e. The van der Waals surface area contributed by atoms with Crippen molar-refractivity contribution in [3.05, 3.63) is 41.2 Å². The first kappa shape index (κ1) is 16.9. The minimum absolute atomic E-state index is 0.0346. The van der Waals surface area contributed by atoms with Crippen LogP contribution in [-0.2, 0) is 10.9 Å². The van der Waals surface area contributed by atoms with E-state index in [0.717, 1.165) is 24.3 Å². The van der Waals surface area contributed by atoms with Crippen LogP contribution in [0.1, 0.15) is 35.0 Å². The van der Waals surface area contributed by atoms with Gasteiger partial charge < -0.3 is 9.26 Å². The summed E-state index contributed by atoms with van der Waals surface area (Å²) in [5.41, 5.74) is -2.19. The first-order chi connectivity index (χ1) is 10.8. The molecule has 0 amide bonds. The van der Waals surface area contributed by atoms with Gasteiger partial charge in [0.05, 0.1) is 12.2 Å². The monoisotopic (exact) mass is 335 g/mol. The second kappa shape index (κ2) is 6.35. The number of hydrogen-bond donors (Lipinski definition) is 0. The Bertz CT molecular complexity index is 691. The average molecular weight is 335 g/mol. The molecule has 0 bridgehead atoms. The molecule has 1 heterocycles. The Morgan fingerprint density at radius 2 is 1.87 bits per heavy atom. The van der Waals surface area contributed by atoms with Crippen LogP contribution in [0.15, 0.2) is 28.8 Å². The highest BCUT2D eigenvalue weighted by molar-refractivity contribution is 5.90. The second-order valence-electron chi connectivity index (χ2n) is 4.37. The SMILES string of the molecule is CCOC(=O)c1onc(-c2ccc(C(F)(F)F)cc2)c1C(F)F. The predicted molar refractivity (Wildman–Crippen MR) is 67.9 cm³/mol. The Hall–Kier alpha value is -2.45. The fourth-order valence-corrected chi connectivity index (χ4v) is 1.87. The molecule has 2 rings (SSSR count). The number of alkyl halides is 5. The van der Waals surface area contributed by atoms with E-state index >= 15 is 0 Å². The van der Waals surface area contributed by atoms with Gasteiger partial charge in [0, 0.05) is 5.56 Å². The topological polar surface area (TPSA) is 52.3 Å². The number of carbonyl (C=O) groups is 1. The molecule has 0 N–H and O–H groups in total. The number of benzene rings is 1. The number of ether oxygens (including phenoxy) is 1. The Labute approximate surface area is 126 Å². The molecule has 1 aromatic carbocycles. The van der Waals surface area contributed by atoms with Crippen LogP contribution in [0, 0.1) is 0 Å². The molecule has 0 aliphatic carbocycles. The molecule has 0 saturated heterocycles. The molecule has 124 valence electrons. The van der Waals surface area contributed by atoms with Crippen LogP contribution < -0.4 is 0 Å². The molecular formula is C14H10F5NO3. The maximum atomic E-state index is 13.2. The normalized spacial score (nSPS) is 11.8. The highest BCUT2D eigenvalue weighted by atomic mass is 19.4. The Morgan fingerprint density at radius 3 is 2.35 bits per heavy atom. The van der Waals surface area contributed by atoms with Crippen molar-refractivity contribution in [1.29, 1.82) is 0 Å². The molecule has 0 unspecified atom stereocenters. The number of halogens is 5. The van der Waals surface area contributed by atoms with Crippen molar-refractivity contribution in [2.45, 2.75) is 19.5 Å². The van der Waals surface area contributed by atoms with E-state index in [1.807, 2.05) is 0 Å². The van der Waals surface area contributed by atoms with Gasteiger partial charge in [-0.2, -0.15) is 13.2 Å². The third-order valence-corrected chi connectivity index (χ3v) is 2.89. The van der Waals surface area contributed by atoms with Crippen molar-refractivity contribution in [3.8, 4) is 11.3 Å². The zero-order chi connectivity index (χ0) is 17.2. The third-order valence-electron chi connectivity index (χ3n) is 2.89. The van der Waals surface area contributed by atoms with E-state index < -0.39 is 41.2 Å². The maximum absolute atomic E-state index is 13.2. The first-order valence-electron chi connectivity index (χ1n) is 6.38. The van der Waals surface area contributed by atoms with Crippen LogP contribution in [0.3, 0.4) is 0 Å². The van der Waals surface area contributed by atoms with Gasteiger partial charge in [0.2, 0.25) is 0 Å². The van der Waals surface area contributed by atoms with Gasteiger partial charge in [-0.1, -0.05) is 17.3 Å². The van der Waals surface area contributed by atoms with Crippen LogP contribution in [-0.4, -0.2) is 17.7 Å². The van der Waals surface area contributed by atoms with E-state index in [4.69, 9.17) is 0 Å². The van der Waals surface area contributed by atoms with Crippen molar-refractivity contribution in [1.82, 2.24) is 5.16 Å². The van der Waals surface area contributed by atoms with Gasteiger partial charge >= 0.3 is 12.1 Å². The number of rotatable bonds is 4. The van der Waals surface area contributed by atoms with Gasteiger partial charge in [0.15, 0.2) is 0 Å². The first-order valence-corrected chi connectivity index (χ1v) is 6.38. The van der Waals surface area contributed by atoms with Gasteiger partial charge in [-0.3, -0.25) is 0 Å². The van der Waals surface area contributed by atoms with E-state index in [9.17, 15) is 26.7 Å². The predicted octanol–water partition coefficient (Wildman–Crippen LogP) is 4.47. The summed E-state index contributed by atoms with van der Waals surface area (Å²) in [5, 5.41) is 3.37. The lowest BCUT2D eigenvalue weighted by Crippen LogP contribution is -2.07. The van der Waals surface area contributed by atoms with Crippen LogP contribution in [0.2, 0.25) is 0 Å². The lowest BCUT2D eigenvalue weighted by Gasteiger charge is -2.07. The summed E-state index contributed by atoms with van der Waals surface area (Å²) in [6, 6.07) is 3.40. The van der Waals surface area contributed by atoms with E-state index in [2.05, 4.69) is 14.4 Å². The fourth-order valence-electron chi connectivity index (χ4n) is 1.87. The number of nitrogens with zero attached hydrogens (tertiary/aromatic N) is 1. The Balaban J connectivity index is 2.45. The minimum Gasteiger partial charge on any atom is -0.460 e. The van der Waals surface area contributed by atoms with Gasteiger partial charge in [0.1, 0.15) is 11.3 Å². The summed E-state index contributed by atoms with van der Waals surface area (Å²) in [7, 11) is 0. The number of aromatic nitrogens is 1. The molecule has 0 atom stereocenters. The van der Waals surface area contributed by atoms with Crippen LogP contribution >= 0.6 is 0 Å². The van der Waals surface area contributed by atoms with Crippen molar-refractivity contribution >= 4 is 5.97 Å². The second-order valence-corrected chi connectivity index (χ2v) is 4.37. The van der Waals surface area contributed by atoms with E-state index in [-0.39, 0.29) is 12.2 Å². The van der Waals surface area contributed by atoms with E-state index in [1.165, 1.54) is 6.92 Å². The largest absolute Gasteiger partial charge is 0.460 e. The average Bonchev–Trinajstić information content (AvgIpc) is 2.92. The summed E-state index contributed by atoms with van der Waals surface area (Å²) in [4.78, 5) is 11.6. The van der Waals surface area contributed by atoms with Crippen molar-refractivity contribution in [2.24, 2.45) is 0 Å². The van der Waals surface area contributed by atoms with E-state index in [0.29, 0.717) is 0 Å². The Morgan fingerprint density at radius 1 is 1.26 bits per heavy atom. The molecule has 23 heavy (non-hydrogen) atoms. The van der Waals surface area contributed by atoms with Crippen LogP contribution in [0.4, 0.5) is 22.0 Å². The maximum Gasteiger partial charge on any atom is 0.416 e. The van der Waals surface area contributed by atoms with E-state index in [1.54, 1.807) is 0 Å².